The van der Waals surface area contributed by atoms with Crippen LogP contribution in [0.5, 0.6) is 0 Å². The van der Waals surface area contributed by atoms with E-state index < -0.39 is 0 Å². The molecule has 1 saturated heterocycles. The average Bonchev–Trinajstić information content (AvgIpc) is 2.80. The van der Waals surface area contributed by atoms with Gasteiger partial charge in [0.2, 0.25) is 0 Å². The zero-order valence-electron chi connectivity index (χ0n) is 11.0. The minimum atomic E-state index is 0.409. The Kier molecular flexibility index (Phi) is 7.81. The van der Waals surface area contributed by atoms with Gasteiger partial charge in [0.1, 0.15) is 0 Å². The molecule has 1 aliphatic heterocycles. The first-order chi connectivity index (χ1) is 7.83. The molecule has 0 spiro atoms. The number of hydrogen-bond donors (Lipinski definition) is 1. The van der Waals surface area contributed by atoms with Crippen LogP contribution in [0.15, 0.2) is 0 Å². The molecule has 1 N–H and O–H groups in total. The molecule has 0 radical (unpaired) electrons. The number of nitrogens with zero attached hydrogens (tertiary/aromatic N) is 1. The Bertz CT molecular complexity index is 158. The Hall–Kier alpha value is -0.120. The lowest BCUT2D eigenvalue weighted by Gasteiger charge is -2.14. The molecule has 0 bridgehead atoms. The quantitative estimate of drug-likeness (QED) is 0.610. The molecule has 1 aliphatic rings. The molecule has 1 heterocycles. The number of likely N-dealkylation sites (tertiary alicyclic amines) is 1. The Morgan fingerprint density at radius 3 is 2.69 bits per heavy atom. The first-order valence-corrected chi connectivity index (χ1v) is 6.87. The molecule has 16 heavy (non-hydrogen) atoms. The lowest BCUT2D eigenvalue weighted by molar-refractivity contribution is 0.0656. The van der Waals surface area contributed by atoms with E-state index in [-0.39, 0.29) is 0 Å². The van der Waals surface area contributed by atoms with Gasteiger partial charge < -0.3 is 15.0 Å². The predicted molar refractivity (Wildman–Crippen MR) is 68.9 cm³/mol. The fraction of sp³-hybridized carbons (Fsp3) is 1.00. The van der Waals surface area contributed by atoms with Gasteiger partial charge in [-0.1, -0.05) is 6.92 Å². The van der Waals surface area contributed by atoms with Crippen LogP contribution in [0.2, 0.25) is 0 Å². The van der Waals surface area contributed by atoms with Crippen molar-refractivity contribution in [3.05, 3.63) is 0 Å². The van der Waals surface area contributed by atoms with Crippen molar-refractivity contribution < 1.29 is 4.74 Å². The SMILES string of the molecule is CCC(C)OCCNCCCN1CCCC1. The van der Waals surface area contributed by atoms with Gasteiger partial charge in [0.15, 0.2) is 0 Å². The van der Waals surface area contributed by atoms with Gasteiger partial charge in [-0.15, -0.1) is 0 Å². The summed E-state index contributed by atoms with van der Waals surface area (Å²) in [7, 11) is 0. The van der Waals surface area contributed by atoms with Crippen LogP contribution in [0.3, 0.4) is 0 Å². The summed E-state index contributed by atoms with van der Waals surface area (Å²) in [6, 6.07) is 0. The van der Waals surface area contributed by atoms with Gasteiger partial charge in [0.25, 0.3) is 0 Å². The Morgan fingerprint density at radius 1 is 1.25 bits per heavy atom. The van der Waals surface area contributed by atoms with Gasteiger partial charge >= 0.3 is 0 Å². The topological polar surface area (TPSA) is 24.5 Å². The monoisotopic (exact) mass is 228 g/mol. The highest BCUT2D eigenvalue weighted by atomic mass is 16.5. The summed E-state index contributed by atoms with van der Waals surface area (Å²) in [6.07, 6.45) is 5.58. The van der Waals surface area contributed by atoms with Crippen LogP contribution in [0.25, 0.3) is 0 Å². The maximum atomic E-state index is 5.60. The molecule has 0 saturated carbocycles. The summed E-state index contributed by atoms with van der Waals surface area (Å²) >= 11 is 0. The fourth-order valence-electron chi connectivity index (χ4n) is 2.01. The molecule has 0 aliphatic carbocycles. The summed E-state index contributed by atoms with van der Waals surface area (Å²) < 4.78 is 5.60. The third kappa shape index (κ3) is 6.46. The predicted octanol–water partition coefficient (Wildman–Crippen LogP) is 1.88. The molecule has 0 aromatic rings. The van der Waals surface area contributed by atoms with Crippen molar-refractivity contribution in [1.29, 1.82) is 0 Å². The van der Waals surface area contributed by atoms with E-state index in [1.807, 2.05) is 0 Å². The van der Waals surface area contributed by atoms with Crippen molar-refractivity contribution in [3.8, 4) is 0 Å². The van der Waals surface area contributed by atoms with Crippen molar-refractivity contribution in [2.45, 2.75) is 45.6 Å². The van der Waals surface area contributed by atoms with Gasteiger partial charge in [0, 0.05) is 6.54 Å². The highest BCUT2D eigenvalue weighted by Crippen LogP contribution is 2.06. The molecule has 1 atom stereocenters. The van der Waals surface area contributed by atoms with E-state index in [0.717, 1.165) is 26.1 Å². The standard InChI is InChI=1S/C13H28N2O/c1-3-13(2)16-12-8-14-7-6-11-15-9-4-5-10-15/h13-14H,3-12H2,1-2H3. The second kappa shape index (κ2) is 8.97. The van der Waals surface area contributed by atoms with Crippen LogP contribution in [0.1, 0.15) is 39.5 Å². The Balaban J connectivity index is 1.77. The van der Waals surface area contributed by atoms with E-state index >= 15 is 0 Å². The van der Waals surface area contributed by atoms with E-state index in [9.17, 15) is 0 Å². The van der Waals surface area contributed by atoms with Gasteiger partial charge in [-0.3, -0.25) is 0 Å². The molecule has 3 nitrogen and oxygen atoms in total. The van der Waals surface area contributed by atoms with Crippen LogP contribution in [-0.4, -0.2) is 50.3 Å². The van der Waals surface area contributed by atoms with Crippen molar-refractivity contribution in [3.63, 3.8) is 0 Å². The zero-order valence-corrected chi connectivity index (χ0v) is 11.0. The van der Waals surface area contributed by atoms with Crippen molar-refractivity contribution in [1.82, 2.24) is 10.2 Å². The summed E-state index contributed by atoms with van der Waals surface area (Å²) in [5, 5.41) is 3.44. The third-order valence-electron chi connectivity index (χ3n) is 3.28. The van der Waals surface area contributed by atoms with E-state index in [0.29, 0.717) is 6.10 Å². The van der Waals surface area contributed by atoms with Crippen molar-refractivity contribution in [2.75, 3.05) is 39.3 Å². The second-order valence-electron chi connectivity index (χ2n) is 4.74. The minimum Gasteiger partial charge on any atom is -0.377 e. The molecule has 0 amide bonds. The van der Waals surface area contributed by atoms with E-state index in [1.165, 1.54) is 38.9 Å². The van der Waals surface area contributed by atoms with Crippen LogP contribution in [0, 0.1) is 0 Å². The van der Waals surface area contributed by atoms with Gasteiger partial charge in [0.05, 0.1) is 12.7 Å². The first kappa shape index (κ1) is 13.9. The highest BCUT2D eigenvalue weighted by Gasteiger charge is 2.09. The van der Waals surface area contributed by atoms with Gasteiger partial charge in [-0.2, -0.15) is 0 Å². The Morgan fingerprint density at radius 2 is 2.00 bits per heavy atom. The summed E-state index contributed by atoms with van der Waals surface area (Å²) in [5.41, 5.74) is 0. The Labute approximate surface area is 101 Å². The van der Waals surface area contributed by atoms with E-state index in [2.05, 4.69) is 24.1 Å². The average molecular weight is 228 g/mol. The molecule has 3 heteroatoms. The normalized spacial score (nSPS) is 19.1. The van der Waals surface area contributed by atoms with Crippen LogP contribution < -0.4 is 5.32 Å². The lowest BCUT2D eigenvalue weighted by Crippen LogP contribution is -2.27. The number of rotatable bonds is 9. The maximum Gasteiger partial charge on any atom is 0.0594 e. The van der Waals surface area contributed by atoms with Crippen molar-refractivity contribution in [2.24, 2.45) is 0 Å². The summed E-state index contributed by atoms with van der Waals surface area (Å²) in [4.78, 5) is 2.57. The van der Waals surface area contributed by atoms with Crippen LogP contribution in [-0.2, 0) is 4.74 Å². The fourth-order valence-corrected chi connectivity index (χ4v) is 2.01. The third-order valence-corrected chi connectivity index (χ3v) is 3.28. The number of hydrogen-bond acceptors (Lipinski definition) is 3. The van der Waals surface area contributed by atoms with Gasteiger partial charge in [-0.25, -0.2) is 0 Å². The molecule has 96 valence electrons. The lowest BCUT2D eigenvalue weighted by atomic mass is 10.3. The zero-order chi connectivity index (χ0) is 11.6. The molecule has 0 aromatic heterocycles. The van der Waals surface area contributed by atoms with Crippen molar-refractivity contribution >= 4 is 0 Å². The van der Waals surface area contributed by atoms with Crippen LogP contribution in [0.4, 0.5) is 0 Å². The first-order valence-electron chi connectivity index (χ1n) is 6.87. The molecule has 0 aromatic carbocycles. The summed E-state index contributed by atoms with van der Waals surface area (Å²) in [6.45, 7) is 11.2. The highest BCUT2D eigenvalue weighted by molar-refractivity contribution is 4.66. The smallest absolute Gasteiger partial charge is 0.0594 e. The second-order valence-corrected chi connectivity index (χ2v) is 4.74. The van der Waals surface area contributed by atoms with E-state index in [4.69, 9.17) is 4.74 Å². The molecular weight excluding hydrogens is 200 g/mol. The summed E-state index contributed by atoms with van der Waals surface area (Å²) in [5.74, 6) is 0. The minimum absolute atomic E-state index is 0.409. The van der Waals surface area contributed by atoms with Gasteiger partial charge in [-0.05, 0) is 58.8 Å². The van der Waals surface area contributed by atoms with E-state index in [1.54, 1.807) is 0 Å². The molecule has 1 unspecified atom stereocenters. The largest absolute Gasteiger partial charge is 0.377 e. The number of nitrogens with one attached hydrogen (secondary N) is 1. The molecule has 1 fully saturated rings. The molecule has 1 rings (SSSR count). The molecular formula is C13H28N2O. The number of ether oxygens (including phenoxy) is 1. The maximum absolute atomic E-state index is 5.60. The van der Waals surface area contributed by atoms with Crippen LogP contribution >= 0.6 is 0 Å².